The molecular weight excluding hydrogens is 416 g/mol. The predicted molar refractivity (Wildman–Crippen MR) is 95.7 cm³/mol. The third-order valence-electron chi connectivity index (χ3n) is 3.88. The lowest BCUT2D eigenvalue weighted by Gasteiger charge is -2.39. The van der Waals surface area contributed by atoms with Crippen LogP contribution in [0.5, 0.6) is 0 Å². The first-order valence-electron chi connectivity index (χ1n) is 7.98. The highest BCUT2D eigenvalue weighted by molar-refractivity contribution is 7.91. The average molecular weight is 436 g/mol. The van der Waals surface area contributed by atoms with Gasteiger partial charge in [-0.15, -0.1) is 11.3 Å². The van der Waals surface area contributed by atoms with Crippen LogP contribution in [0.2, 0.25) is 0 Å². The number of thiophene rings is 1. The van der Waals surface area contributed by atoms with Gasteiger partial charge in [0.2, 0.25) is 11.7 Å². The molecule has 13 heteroatoms. The third-order valence-corrected chi connectivity index (χ3v) is 6.74. The summed E-state index contributed by atoms with van der Waals surface area (Å²) in [7, 11) is -4.08. The fraction of sp³-hybridized carbons (Fsp3) is 0.467. The zero-order valence-corrected chi connectivity index (χ0v) is 16.2. The van der Waals surface area contributed by atoms with Gasteiger partial charge in [0, 0.05) is 6.92 Å². The van der Waals surface area contributed by atoms with Crippen LogP contribution in [0.1, 0.15) is 6.92 Å². The number of nitrogens with one attached hydrogen (secondary N) is 2. The van der Waals surface area contributed by atoms with Gasteiger partial charge in [0.05, 0.1) is 18.7 Å². The second kappa shape index (κ2) is 8.98. The maximum atomic E-state index is 12.6. The summed E-state index contributed by atoms with van der Waals surface area (Å²) in [6.07, 6.45) is -4.15. The summed E-state index contributed by atoms with van der Waals surface area (Å²) in [6.45, 7) is 0.263. The summed E-state index contributed by atoms with van der Waals surface area (Å²) in [5, 5.41) is 42.2. The second-order valence-electron chi connectivity index (χ2n) is 5.96. The van der Waals surface area contributed by atoms with Crippen molar-refractivity contribution in [3.63, 3.8) is 0 Å². The number of carbonyl (C=O) groups is 2. The summed E-state index contributed by atoms with van der Waals surface area (Å²) in [5.41, 5.74) is 0. The average Bonchev–Trinajstić information content (AvgIpc) is 3.16. The molecular formula is C15H20N2O9S2. The molecule has 0 spiro atoms. The quantitative estimate of drug-likeness (QED) is 0.268. The topological polar surface area (TPSA) is 182 Å². The molecule has 0 saturated heterocycles. The summed E-state index contributed by atoms with van der Waals surface area (Å²) in [4.78, 5) is 23.0. The number of ether oxygens (including phenoxy) is 1. The summed E-state index contributed by atoms with van der Waals surface area (Å²) in [6, 6.07) is 0.258. The number of hydrogen-bond acceptors (Lipinski definition) is 9. The highest BCUT2D eigenvalue weighted by atomic mass is 32.2. The van der Waals surface area contributed by atoms with Crippen molar-refractivity contribution in [3.8, 4) is 0 Å². The van der Waals surface area contributed by atoms with Crippen molar-refractivity contribution in [1.82, 2.24) is 10.0 Å². The second-order valence-corrected chi connectivity index (χ2v) is 8.85. The molecule has 156 valence electrons. The SMILES string of the molecule is CC(=O)N[C@H]1[C@H]([C@H](O)[C@H](O)CO)OC(C(=O)O)=C[C@H]1NS(=O)(=O)c1cccs1. The van der Waals surface area contributed by atoms with Crippen molar-refractivity contribution in [3.05, 3.63) is 29.3 Å². The lowest BCUT2D eigenvalue weighted by Crippen LogP contribution is -2.63. The molecule has 1 aliphatic rings. The first-order valence-corrected chi connectivity index (χ1v) is 10.3. The number of hydrogen-bond donors (Lipinski definition) is 6. The number of carbonyl (C=O) groups excluding carboxylic acids is 1. The minimum atomic E-state index is -4.08. The molecule has 2 rings (SSSR count). The van der Waals surface area contributed by atoms with Gasteiger partial charge >= 0.3 is 5.97 Å². The molecule has 1 aliphatic heterocycles. The number of aliphatic hydroxyl groups excluding tert-OH is 3. The number of aliphatic carboxylic acids is 1. The van der Waals surface area contributed by atoms with E-state index in [4.69, 9.17) is 9.84 Å². The molecule has 28 heavy (non-hydrogen) atoms. The minimum Gasteiger partial charge on any atom is -0.478 e. The molecule has 0 unspecified atom stereocenters. The Morgan fingerprint density at radius 3 is 2.54 bits per heavy atom. The van der Waals surface area contributed by atoms with Gasteiger partial charge in [-0.25, -0.2) is 17.9 Å². The molecule has 2 heterocycles. The lowest BCUT2D eigenvalue weighted by atomic mass is 9.92. The van der Waals surface area contributed by atoms with Gasteiger partial charge in [0.1, 0.15) is 22.5 Å². The van der Waals surface area contributed by atoms with Crippen LogP contribution in [-0.4, -0.2) is 77.7 Å². The van der Waals surface area contributed by atoms with E-state index in [1.807, 2.05) is 0 Å². The first-order chi connectivity index (χ1) is 13.1. The number of sulfonamides is 1. The minimum absolute atomic E-state index is 0.0432. The van der Waals surface area contributed by atoms with Gasteiger partial charge in [0.25, 0.3) is 10.0 Å². The van der Waals surface area contributed by atoms with E-state index in [1.54, 1.807) is 0 Å². The fourth-order valence-electron chi connectivity index (χ4n) is 2.63. The van der Waals surface area contributed by atoms with E-state index in [-0.39, 0.29) is 4.21 Å². The Labute approximate surface area is 164 Å². The standard InChI is InChI=1S/C15H20N2O9S2/c1-7(19)16-12-8(17-28(24,25)11-3-2-4-27-11)5-10(15(22)23)26-14(12)13(21)9(20)6-18/h2-5,8-9,12-14,17-18,20-21H,6H2,1H3,(H,16,19)(H,22,23)/t8-,9-,12-,13-,14-/m1/s1. The van der Waals surface area contributed by atoms with Crippen LogP contribution in [-0.2, 0) is 24.3 Å². The lowest BCUT2D eigenvalue weighted by molar-refractivity contribution is -0.146. The van der Waals surface area contributed by atoms with Gasteiger partial charge in [0.15, 0.2) is 0 Å². The molecule has 0 saturated carbocycles. The van der Waals surface area contributed by atoms with Gasteiger partial charge in [-0.2, -0.15) is 0 Å². The zero-order chi connectivity index (χ0) is 21.1. The summed E-state index contributed by atoms with van der Waals surface area (Å²) in [5.74, 6) is -2.84. The van der Waals surface area contributed by atoms with Crippen LogP contribution in [0.4, 0.5) is 0 Å². The fourth-order valence-corrected chi connectivity index (χ4v) is 4.84. The molecule has 0 aliphatic carbocycles. The van der Waals surface area contributed by atoms with Crippen LogP contribution in [0.25, 0.3) is 0 Å². The Hall–Kier alpha value is -2.03. The Bertz CT molecular complexity index is 838. The van der Waals surface area contributed by atoms with Crippen molar-refractivity contribution in [2.24, 2.45) is 0 Å². The third kappa shape index (κ3) is 5.06. The molecule has 0 fully saturated rings. The van der Waals surface area contributed by atoms with Crippen LogP contribution < -0.4 is 10.0 Å². The Morgan fingerprint density at radius 2 is 2.04 bits per heavy atom. The highest BCUT2D eigenvalue weighted by Gasteiger charge is 2.44. The predicted octanol–water partition coefficient (Wildman–Crippen LogP) is -2.02. The molecule has 5 atom stereocenters. The van der Waals surface area contributed by atoms with Crippen LogP contribution in [0.15, 0.2) is 33.6 Å². The zero-order valence-electron chi connectivity index (χ0n) is 14.5. The van der Waals surface area contributed by atoms with Crippen molar-refractivity contribution in [2.45, 2.75) is 41.5 Å². The van der Waals surface area contributed by atoms with Crippen LogP contribution in [0, 0.1) is 0 Å². The van der Waals surface area contributed by atoms with Crippen LogP contribution in [0.3, 0.4) is 0 Å². The van der Waals surface area contributed by atoms with Crippen molar-refractivity contribution >= 4 is 33.2 Å². The van der Waals surface area contributed by atoms with E-state index < -0.39 is 64.7 Å². The Balaban J connectivity index is 2.46. The molecule has 0 bridgehead atoms. The van der Waals surface area contributed by atoms with E-state index in [1.165, 1.54) is 17.5 Å². The van der Waals surface area contributed by atoms with E-state index in [0.717, 1.165) is 24.3 Å². The number of carboxylic acids is 1. The Morgan fingerprint density at radius 1 is 1.36 bits per heavy atom. The maximum absolute atomic E-state index is 12.6. The number of rotatable bonds is 8. The van der Waals surface area contributed by atoms with E-state index in [9.17, 15) is 33.3 Å². The van der Waals surface area contributed by atoms with E-state index >= 15 is 0 Å². The van der Waals surface area contributed by atoms with Gasteiger partial charge in [-0.1, -0.05) is 6.07 Å². The van der Waals surface area contributed by atoms with Gasteiger partial charge < -0.3 is 30.5 Å². The van der Waals surface area contributed by atoms with E-state index in [2.05, 4.69) is 10.0 Å². The van der Waals surface area contributed by atoms with Gasteiger partial charge in [-0.3, -0.25) is 4.79 Å². The molecule has 11 nitrogen and oxygen atoms in total. The molecule has 0 radical (unpaired) electrons. The smallest absolute Gasteiger partial charge is 0.370 e. The van der Waals surface area contributed by atoms with Crippen molar-refractivity contribution in [1.29, 1.82) is 0 Å². The number of aliphatic hydroxyl groups is 3. The first kappa shape index (κ1) is 22.3. The molecule has 1 aromatic rings. The molecule has 6 N–H and O–H groups in total. The van der Waals surface area contributed by atoms with Crippen molar-refractivity contribution < 1.29 is 43.2 Å². The summed E-state index contributed by atoms with van der Waals surface area (Å²) < 4.78 is 32.5. The van der Waals surface area contributed by atoms with Gasteiger partial charge in [-0.05, 0) is 17.5 Å². The molecule has 1 aromatic heterocycles. The largest absolute Gasteiger partial charge is 0.478 e. The molecule has 0 aromatic carbocycles. The van der Waals surface area contributed by atoms with E-state index in [0.29, 0.717) is 0 Å². The summed E-state index contributed by atoms with van der Waals surface area (Å²) >= 11 is 0.928. The normalized spacial score (nSPS) is 24.6. The number of amides is 1. The molecule has 1 amide bonds. The maximum Gasteiger partial charge on any atom is 0.370 e. The Kier molecular flexibility index (Phi) is 7.14. The monoisotopic (exact) mass is 436 g/mol. The van der Waals surface area contributed by atoms with Crippen molar-refractivity contribution in [2.75, 3.05) is 6.61 Å². The van der Waals surface area contributed by atoms with Crippen LogP contribution >= 0.6 is 11.3 Å². The number of carboxylic acid groups (broad SMARTS) is 1. The highest BCUT2D eigenvalue weighted by Crippen LogP contribution is 2.25.